The fourth-order valence-corrected chi connectivity index (χ4v) is 4.38. The molecule has 3 rings (SSSR count). The number of hydrogen-bond acceptors (Lipinski definition) is 2. The van der Waals surface area contributed by atoms with Crippen LogP contribution in [0.1, 0.15) is 33.1 Å². The van der Waals surface area contributed by atoms with E-state index in [0.29, 0.717) is 12.3 Å². The minimum absolute atomic E-state index is 0.117. The maximum atomic E-state index is 12.5. The summed E-state index contributed by atoms with van der Waals surface area (Å²) in [5, 5.41) is 0. The first kappa shape index (κ1) is 14.3. The van der Waals surface area contributed by atoms with E-state index in [9.17, 15) is 4.79 Å². The van der Waals surface area contributed by atoms with Gasteiger partial charge in [-0.3, -0.25) is 4.79 Å². The van der Waals surface area contributed by atoms with E-state index in [0.717, 1.165) is 18.4 Å². The predicted molar refractivity (Wildman–Crippen MR) is 83.4 cm³/mol. The highest BCUT2D eigenvalue weighted by Crippen LogP contribution is 2.56. The van der Waals surface area contributed by atoms with Gasteiger partial charge in [0.05, 0.1) is 11.5 Å². The predicted octanol–water partition coefficient (Wildman–Crippen LogP) is 3.05. The third kappa shape index (κ3) is 1.95. The average molecular weight is 285 g/mol. The number of primary amides is 1. The molecular formula is C18H23NO2. The lowest BCUT2D eigenvalue weighted by atomic mass is 9.55. The molecule has 3 aliphatic rings. The quantitative estimate of drug-likeness (QED) is 0.793. The Balaban J connectivity index is 2.19. The Morgan fingerprint density at radius 3 is 2.86 bits per heavy atom. The van der Waals surface area contributed by atoms with Crippen LogP contribution in [0.2, 0.25) is 0 Å². The SMILES string of the molecule is C/C=C1\[C@H]2C=C(C)C[C@]1(C(N)=O)C1=C(CC(OC)C=C1)C2. The molecule has 3 atom stereocenters. The molecule has 0 spiro atoms. The van der Waals surface area contributed by atoms with Crippen molar-refractivity contribution in [3.05, 3.63) is 46.6 Å². The fraction of sp³-hybridized carbons (Fsp3) is 0.500. The van der Waals surface area contributed by atoms with E-state index in [4.69, 9.17) is 10.5 Å². The number of carbonyl (C=O) groups excluding carboxylic acids is 1. The molecule has 0 aromatic rings. The van der Waals surface area contributed by atoms with Gasteiger partial charge in [-0.15, -0.1) is 0 Å². The molecular weight excluding hydrogens is 262 g/mol. The standard InChI is InChI=1S/C18H23NO2/c1-4-15-12-7-11(2)10-18(15,17(19)20)16-6-5-14(21-3)9-13(16)8-12/h4-7,12,14H,8-10H2,1-3H3,(H2,19,20)/b15-4+/t12-,14?,18+/m0/s1. The van der Waals surface area contributed by atoms with Crippen LogP contribution in [0.25, 0.3) is 0 Å². The maximum absolute atomic E-state index is 12.5. The van der Waals surface area contributed by atoms with Crippen molar-refractivity contribution >= 4 is 5.91 Å². The molecule has 1 unspecified atom stereocenters. The molecule has 0 radical (unpaired) electrons. The van der Waals surface area contributed by atoms with Crippen molar-refractivity contribution in [2.75, 3.05) is 7.11 Å². The summed E-state index contributed by atoms with van der Waals surface area (Å²) in [6, 6.07) is 0. The zero-order valence-electron chi connectivity index (χ0n) is 13.0. The molecule has 0 saturated carbocycles. The molecule has 0 saturated heterocycles. The van der Waals surface area contributed by atoms with Gasteiger partial charge in [-0.1, -0.05) is 35.5 Å². The minimum atomic E-state index is -0.638. The van der Waals surface area contributed by atoms with Crippen molar-refractivity contribution in [1.82, 2.24) is 0 Å². The lowest BCUT2D eigenvalue weighted by molar-refractivity contribution is -0.124. The van der Waals surface area contributed by atoms with E-state index in [1.165, 1.54) is 16.7 Å². The number of hydrogen-bond donors (Lipinski definition) is 1. The van der Waals surface area contributed by atoms with E-state index < -0.39 is 5.41 Å². The molecule has 3 heteroatoms. The molecule has 2 bridgehead atoms. The van der Waals surface area contributed by atoms with Gasteiger partial charge < -0.3 is 10.5 Å². The van der Waals surface area contributed by atoms with E-state index in [1.54, 1.807) is 7.11 Å². The van der Waals surface area contributed by atoms with E-state index in [-0.39, 0.29) is 12.0 Å². The zero-order valence-corrected chi connectivity index (χ0v) is 13.0. The van der Waals surface area contributed by atoms with Crippen LogP contribution in [-0.2, 0) is 9.53 Å². The third-order valence-corrected chi connectivity index (χ3v) is 5.19. The summed E-state index contributed by atoms with van der Waals surface area (Å²) in [6.45, 7) is 4.12. The van der Waals surface area contributed by atoms with Crippen molar-refractivity contribution < 1.29 is 9.53 Å². The van der Waals surface area contributed by atoms with Crippen molar-refractivity contribution in [3.8, 4) is 0 Å². The van der Waals surface area contributed by atoms with Crippen molar-refractivity contribution in [1.29, 1.82) is 0 Å². The Morgan fingerprint density at radius 1 is 1.48 bits per heavy atom. The van der Waals surface area contributed by atoms with Crippen LogP contribution >= 0.6 is 0 Å². The van der Waals surface area contributed by atoms with Gasteiger partial charge in [-0.05, 0) is 44.3 Å². The third-order valence-electron chi connectivity index (χ3n) is 5.19. The van der Waals surface area contributed by atoms with Crippen LogP contribution in [0.4, 0.5) is 0 Å². The molecule has 3 aliphatic carbocycles. The summed E-state index contributed by atoms with van der Waals surface area (Å²) in [4.78, 5) is 12.5. The second-order valence-electron chi connectivity index (χ2n) is 6.37. The van der Waals surface area contributed by atoms with Gasteiger partial charge in [0.2, 0.25) is 5.91 Å². The lowest BCUT2D eigenvalue weighted by Crippen LogP contribution is -2.47. The van der Waals surface area contributed by atoms with Crippen LogP contribution < -0.4 is 5.73 Å². The van der Waals surface area contributed by atoms with Crippen LogP contribution in [0.15, 0.2) is 46.6 Å². The first-order chi connectivity index (χ1) is 10.0. The Bertz CT molecular complexity index is 609. The topological polar surface area (TPSA) is 52.3 Å². The average Bonchev–Trinajstić information content (AvgIpc) is 2.45. The number of methoxy groups -OCH3 is 1. The maximum Gasteiger partial charge on any atom is 0.232 e. The number of ether oxygens (including phenoxy) is 1. The van der Waals surface area contributed by atoms with E-state index in [2.05, 4.69) is 31.2 Å². The van der Waals surface area contributed by atoms with Crippen LogP contribution in [0.5, 0.6) is 0 Å². The first-order valence-corrected chi connectivity index (χ1v) is 7.60. The molecule has 0 aliphatic heterocycles. The van der Waals surface area contributed by atoms with Gasteiger partial charge in [0.25, 0.3) is 0 Å². The molecule has 0 aromatic heterocycles. The Morgan fingerprint density at radius 2 is 2.24 bits per heavy atom. The van der Waals surface area contributed by atoms with Gasteiger partial charge >= 0.3 is 0 Å². The van der Waals surface area contributed by atoms with Gasteiger partial charge in [0.15, 0.2) is 0 Å². The summed E-state index contributed by atoms with van der Waals surface area (Å²) < 4.78 is 5.46. The van der Waals surface area contributed by atoms with Gasteiger partial charge in [-0.2, -0.15) is 0 Å². The molecule has 0 aromatic carbocycles. The molecule has 2 N–H and O–H groups in total. The number of fused-ring (bicyclic) bond motifs is 3. The van der Waals surface area contributed by atoms with Gasteiger partial charge in [0.1, 0.15) is 0 Å². The summed E-state index contributed by atoms with van der Waals surface area (Å²) >= 11 is 0. The minimum Gasteiger partial charge on any atom is -0.377 e. The number of rotatable bonds is 2. The summed E-state index contributed by atoms with van der Waals surface area (Å²) in [7, 11) is 1.73. The fourth-order valence-electron chi connectivity index (χ4n) is 4.38. The van der Waals surface area contributed by atoms with Crippen LogP contribution in [0.3, 0.4) is 0 Å². The largest absolute Gasteiger partial charge is 0.377 e. The number of allylic oxidation sites excluding steroid dienone is 4. The molecule has 21 heavy (non-hydrogen) atoms. The highest BCUT2D eigenvalue weighted by Gasteiger charge is 2.51. The second-order valence-corrected chi connectivity index (χ2v) is 6.37. The smallest absolute Gasteiger partial charge is 0.232 e. The number of carbonyl (C=O) groups is 1. The van der Waals surface area contributed by atoms with Gasteiger partial charge in [0, 0.05) is 13.0 Å². The van der Waals surface area contributed by atoms with Crippen molar-refractivity contribution in [3.63, 3.8) is 0 Å². The van der Waals surface area contributed by atoms with Crippen molar-refractivity contribution in [2.45, 2.75) is 39.2 Å². The Hall–Kier alpha value is -1.61. The second kappa shape index (κ2) is 4.99. The summed E-state index contributed by atoms with van der Waals surface area (Å²) in [6.07, 6.45) is 11.2. The molecule has 3 nitrogen and oxygen atoms in total. The highest BCUT2D eigenvalue weighted by atomic mass is 16.5. The monoisotopic (exact) mass is 285 g/mol. The molecule has 1 amide bonds. The summed E-state index contributed by atoms with van der Waals surface area (Å²) in [5.41, 5.74) is 10.2. The van der Waals surface area contributed by atoms with E-state index in [1.807, 2.05) is 6.92 Å². The lowest BCUT2D eigenvalue weighted by Gasteiger charge is -2.48. The molecule has 112 valence electrons. The normalized spacial score (nSPS) is 36.5. The molecule has 0 fully saturated rings. The first-order valence-electron chi connectivity index (χ1n) is 7.60. The highest BCUT2D eigenvalue weighted by molar-refractivity contribution is 5.91. The molecule has 0 heterocycles. The van der Waals surface area contributed by atoms with Crippen LogP contribution in [0, 0.1) is 11.3 Å². The van der Waals surface area contributed by atoms with E-state index >= 15 is 0 Å². The number of amides is 1. The summed E-state index contributed by atoms with van der Waals surface area (Å²) in [5.74, 6) is 0.0831. The Labute approximate surface area is 126 Å². The number of nitrogens with two attached hydrogens (primary N) is 1. The van der Waals surface area contributed by atoms with Gasteiger partial charge in [-0.25, -0.2) is 0 Å². The van der Waals surface area contributed by atoms with Crippen LogP contribution in [-0.4, -0.2) is 19.1 Å². The zero-order chi connectivity index (χ0) is 15.2. The Kier molecular flexibility index (Phi) is 3.40. The van der Waals surface area contributed by atoms with Crippen molar-refractivity contribution in [2.24, 2.45) is 17.1 Å².